The lowest BCUT2D eigenvalue weighted by molar-refractivity contribution is -0.137. The summed E-state index contributed by atoms with van der Waals surface area (Å²) in [6, 6.07) is 15.2. The second kappa shape index (κ2) is 7.67. The highest BCUT2D eigenvalue weighted by Gasteiger charge is 2.30. The van der Waals surface area contributed by atoms with Gasteiger partial charge >= 0.3 is 6.18 Å². The van der Waals surface area contributed by atoms with Crippen LogP contribution in [0.1, 0.15) is 11.3 Å². The van der Waals surface area contributed by atoms with Crippen LogP contribution in [0, 0.1) is 0 Å². The monoisotopic (exact) mass is 387 g/mol. The molecular formula is C21H20F3N3O. The Bertz CT molecular complexity index is 899. The van der Waals surface area contributed by atoms with E-state index >= 15 is 0 Å². The Morgan fingerprint density at radius 3 is 2.21 bits per heavy atom. The molecule has 7 heteroatoms. The Kier molecular flexibility index (Phi) is 5.09. The smallest absolute Gasteiger partial charge is 0.416 e. The van der Waals surface area contributed by atoms with Gasteiger partial charge in [0.05, 0.1) is 11.3 Å². The number of piperazine rings is 1. The van der Waals surface area contributed by atoms with E-state index in [1.165, 1.54) is 17.8 Å². The van der Waals surface area contributed by atoms with E-state index in [0.717, 1.165) is 44.0 Å². The highest BCUT2D eigenvalue weighted by atomic mass is 19.4. The van der Waals surface area contributed by atoms with Gasteiger partial charge in [0.2, 0.25) is 5.89 Å². The molecule has 4 rings (SSSR count). The average molecular weight is 387 g/mol. The zero-order valence-corrected chi connectivity index (χ0v) is 15.2. The van der Waals surface area contributed by atoms with E-state index in [1.807, 2.05) is 18.2 Å². The number of benzene rings is 2. The number of alkyl halides is 3. The van der Waals surface area contributed by atoms with E-state index in [2.05, 4.69) is 26.9 Å². The van der Waals surface area contributed by atoms with Crippen LogP contribution in [0.3, 0.4) is 0 Å². The maximum Gasteiger partial charge on any atom is 0.416 e. The van der Waals surface area contributed by atoms with Gasteiger partial charge in [0.1, 0.15) is 6.26 Å². The number of oxazole rings is 1. The lowest BCUT2D eigenvalue weighted by Gasteiger charge is -2.35. The number of halogens is 3. The van der Waals surface area contributed by atoms with Crippen molar-refractivity contribution >= 4 is 5.69 Å². The first-order chi connectivity index (χ1) is 13.5. The minimum atomic E-state index is -4.35. The molecule has 0 amide bonds. The summed E-state index contributed by atoms with van der Waals surface area (Å²) in [6.45, 7) is 4.36. The van der Waals surface area contributed by atoms with Gasteiger partial charge in [0, 0.05) is 44.0 Å². The SMILES string of the molecule is FC(F)(F)c1ccc(-c2nc(CN3CCN(c4ccccc4)CC3)co2)cc1. The van der Waals surface area contributed by atoms with Gasteiger partial charge in [-0.05, 0) is 36.4 Å². The molecule has 0 saturated carbocycles. The fourth-order valence-corrected chi connectivity index (χ4v) is 3.35. The molecule has 1 fully saturated rings. The zero-order valence-electron chi connectivity index (χ0n) is 15.2. The molecule has 0 atom stereocenters. The van der Waals surface area contributed by atoms with Crippen molar-refractivity contribution in [3.05, 3.63) is 72.1 Å². The van der Waals surface area contributed by atoms with Gasteiger partial charge < -0.3 is 9.32 Å². The van der Waals surface area contributed by atoms with E-state index in [-0.39, 0.29) is 0 Å². The van der Waals surface area contributed by atoms with Crippen LogP contribution in [0.4, 0.5) is 18.9 Å². The van der Waals surface area contributed by atoms with Crippen molar-refractivity contribution in [1.82, 2.24) is 9.88 Å². The summed E-state index contributed by atoms with van der Waals surface area (Å²) in [5.74, 6) is 0.339. The maximum absolute atomic E-state index is 12.7. The Hall–Kier alpha value is -2.80. The van der Waals surface area contributed by atoms with Crippen LogP contribution in [0.2, 0.25) is 0 Å². The molecule has 0 N–H and O–H groups in total. The molecule has 2 heterocycles. The molecule has 0 aliphatic carbocycles. The fourth-order valence-electron chi connectivity index (χ4n) is 3.35. The molecule has 0 bridgehead atoms. The van der Waals surface area contributed by atoms with Crippen molar-refractivity contribution in [1.29, 1.82) is 0 Å². The minimum Gasteiger partial charge on any atom is -0.444 e. The molecule has 28 heavy (non-hydrogen) atoms. The molecule has 2 aromatic carbocycles. The Balaban J connectivity index is 1.35. The van der Waals surface area contributed by atoms with Crippen molar-refractivity contribution < 1.29 is 17.6 Å². The van der Waals surface area contributed by atoms with E-state index in [1.54, 1.807) is 6.26 Å². The number of aromatic nitrogens is 1. The van der Waals surface area contributed by atoms with Gasteiger partial charge in [-0.25, -0.2) is 4.98 Å². The van der Waals surface area contributed by atoms with E-state index in [0.29, 0.717) is 18.0 Å². The minimum absolute atomic E-state index is 0.339. The van der Waals surface area contributed by atoms with Gasteiger partial charge in [0.25, 0.3) is 0 Å². The van der Waals surface area contributed by atoms with Crippen molar-refractivity contribution in [2.24, 2.45) is 0 Å². The van der Waals surface area contributed by atoms with Crippen LogP contribution in [0.5, 0.6) is 0 Å². The molecule has 1 aliphatic rings. The zero-order chi connectivity index (χ0) is 19.6. The Morgan fingerprint density at radius 2 is 1.57 bits per heavy atom. The molecule has 146 valence electrons. The number of hydrogen-bond donors (Lipinski definition) is 0. The number of rotatable bonds is 4. The first kappa shape index (κ1) is 18.6. The van der Waals surface area contributed by atoms with Gasteiger partial charge in [-0.1, -0.05) is 18.2 Å². The first-order valence-electron chi connectivity index (χ1n) is 9.13. The number of nitrogens with zero attached hydrogens (tertiary/aromatic N) is 3. The van der Waals surface area contributed by atoms with Gasteiger partial charge in [-0.15, -0.1) is 0 Å². The Morgan fingerprint density at radius 1 is 0.893 bits per heavy atom. The Labute approximate surface area is 161 Å². The summed E-state index contributed by atoms with van der Waals surface area (Å²) < 4.78 is 43.5. The number of hydrogen-bond acceptors (Lipinski definition) is 4. The number of para-hydroxylation sites is 1. The number of anilines is 1. The molecule has 0 unspecified atom stereocenters. The normalized spacial score (nSPS) is 15.8. The third kappa shape index (κ3) is 4.20. The molecule has 0 spiro atoms. The lowest BCUT2D eigenvalue weighted by atomic mass is 10.1. The largest absolute Gasteiger partial charge is 0.444 e. The molecule has 1 aromatic heterocycles. The third-order valence-electron chi connectivity index (χ3n) is 4.89. The maximum atomic E-state index is 12.7. The third-order valence-corrected chi connectivity index (χ3v) is 4.89. The van der Waals surface area contributed by atoms with Crippen molar-refractivity contribution in [2.45, 2.75) is 12.7 Å². The molecule has 1 saturated heterocycles. The quantitative estimate of drug-likeness (QED) is 0.651. The molecule has 4 nitrogen and oxygen atoms in total. The van der Waals surface area contributed by atoms with E-state index < -0.39 is 11.7 Å². The first-order valence-corrected chi connectivity index (χ1v) is 9.13. The predicted molar refractivity (Wildman–Crippen MR) is 101 cm³/mol. The highest BCUT2D eigenvalue weighted by molar-refractivity contribution is 5.54. The molecule has 3 aromatic rings. The second-order valence-electron chi connectivity index (χ2n) is 6.82. The molecular weight excluding hydrogens is 367 g/mol. The van der Waals surface area contributed by atoms with E-state index in [9.17, 15) is 13.2 Å². The topological polar surface area (TPSA) is 32.5 Å². The summed E-state index contributed by atoms with van der Waals surface area (Å²) in [4.78, 5) is 9.09. The molecule has 1 aliphatic heterocycles. The summed E-state index contributed by atoms with van der Waals surface area (Å²) in [7, 11) is 0. The van der Waals surface area contributed by atoms with Gasteiger partial charge in [-0.3, -0.25) is 4.90 Å². The van der Waals surface area contributed by atoms with Gasteiger partial charge in [-0.2, -0.15) is 13.2 Å². The predicted octanol–water partition coefficient (Wildman–Crippen LogP) is 4.68. The lowest BCUT2D eigenvalue weighted by Crippen LogP contribution is -2.46. The van der Waals surface area contributed by atoms with Gasteiger partial charge in [0.15, 0.2) is 0 Å². The van der Waals surface area contributed by atoms with Crippen LogP contribution in [0.25, 0.3) is 11.5 Å². The molecule has 0 radical (unpaired) electrons. The fraction of sp³-hybridized carbons (Fsp3) is 0.286. The summed E-state index contributed by atoms with van der Waals surface area (Å²) in [6.07, 6.45) is -2.77. The van der Waals surface area contributed by atoms with Crippen LogP contribution >= 0.6 is 0 Å². The van der Waals surface area contributed by atoms with Crippen LogP contribution in [-0.4, -0.2) is 36.1 Å². The second-order valence-corrected chi connectivity index (χ2v) is 6.82. The van der Waals surface area contributed by atoms with Crippen molar-refractivity contribution in [2.75, 3.05) is 31.1 Å². The van der Waals surface area contributed by atoms with Crippen molar-refractivity contribution in [3.8, 4) is 11.5 Å². The van der Waals surface area contributed by atoms with Crippen LogP contribution in [-0.2, 0) is 12.7 Å². The summed E-state index contributed by atoms with van der Waals surface area (Å²) in [5.41, 5.74) is 1.86. The van der Waals surface area contributed by atoms with Crippen LogP contribution < -0.4 is 4.90 Å². The summed E-state index contributed by atoms with van der Waals surface area (Å²) in [5, 5.41) is 0. The van der Waals surface area contributed by atoms with Crippen molar-refractivity contribution in [3.63, 3.8) is 0 Å². The highest BCUT2D eigenvalue weighted by Crippen LogP contribution is 2.31. The van der Waals surface area contributed by atoms with Crippen LogP contribution in [0.15, 0.2) is 65.3 Å². The van der Waals surface area contributed by atoms with E-state index in [4.69, 9.17) is 4.42 Å². The average Bonchev–Trinajstić information content (AvgIpc) is 3.17. The summed E-state index contributed by atoms with van der Waals surface area (Å²) >= 11 is 0. The standard InChI is InChI=1S/C21H20F3N3O/c22-21(23,24)17-8-6-16(7-9-17)20-25-18(15-28-20)14-26-10-12-27(13-11-26)19-4-2-1-3-5-19/h1-9,15H,10-14H2.